The van der Waals surface area contributed by atoms with E-state index < -0.39 is 52.1 Å². The molecule has 6 amide bonds. The number of carboxylic acids is 1. The van der Waals surface area contributed by atoms with Crippen molar-refractivity contribution in [2.45, 2.75) is 80.7 Å². The number of urea groups is 2. The van der Waals surface area contributed by atoms with E-state index in [2.05, 4.69) is 61.1 Å². The molecule has 0 saturated carbocycles. The first-order chi connectivity index (χ1) is 20.7. The summed E-state index contributed by atoms with van der Waals surface area (Å²) in [5.41, 5.74) is 6.46. The molecule has 3 N–H and O–H groups in total. The number of rotatable bonds is 6. The van der Waals surface area contributed by atoms with Gasteiger partial charge in [0.1, 0.15) is 11.4 Å². The number of carboxylic acid groups (broad SMARTS) is 1. The average molecular weight is 643 g/mol. The zero-order valence-corrected chi connectivity index (χ0v) is 28.9. The van der Waals surface area contributed by atoms with E-state index in [9.17, 15) is 29.1 Å². The van der Waals surface area contributed by atoms with Crippen LogP contribution in [0.1, 0.15) is 57.4 Å². The summed E-state index contributed by atoms with van der Waals surface area (Å²) in [6.07, 6.45) is -0.0592. The Balaban J connectivity index is 0.00000400. The Bertz CT molecular complexity index is 1560. The number of amides is 6. The molecule has 2 aromatic rings. The van der Waals surface area contributed by atoms with E-state index in [1.165, 1.54) is 27.2 Å². The largest absolute Gasteiger partial charge is 1.00 e. The number of benzene rings is 2. The van der Waals surface area contributed by atoms with Gasteiger partial charge in [-0.3, -0.25) is 14.6 Å². The molecule has 6 rings (SSSR count). The van der Waals surface area contributed by atoms with Crippen LogP contribution in [0.2, 0.25) is 0 Å². The van der Waals surface area contributed by atoms with Crippen molar-refractivity contribution >= 4 is 47.3 Å². The van der Waals surface area contributed by atoms with Gasteiger partial charge in [-0.2, -0.15) is 0 Å². The number of hydrazine groups is 1. The Morgan fingerprint density at radius 3 is 2.42 bits per heavy atom. The van der Waals surface area contributed by atoms with Crippen molar-refractivity contribution in [1.29, 1.82) is 0 Å². The predicted octanol–water partition coefficient (Wildman–Crippen LogP) is -1.27. The fourth-order valence-corrected chi connectivity index (χ4v) is 7.94. The van der Waals surface area contributed by atoms with Gasteiger partial charge in [0.25, 0.3) is 0 Å². The third-order valence-corrected chi connectivity index (χ3v) is 10.3. The molecule has 232 valence electrons. The summed E-state index contributed by atoms with van der Waals surface area (Å²) in [6, 6.07) is 11.9. The van der Waals surface area contributed by atoms with Crippen LogP contribution in [-0.2, 0) is 26.2 Å². The van der Waals surface area contributed by atoms with Crippen molar-refractivity contribution in [3.05, 3.63) is 65.2 Å². The van der Waals surface area contributed by atoms with Crippen molar-refractivity contribution in [2.24, 2.45) is 0 Å². The Hall–Kier alpha value is -3.10. The van der Waals surface area contributed by atoms with Crippen LogP contribution in [0.25, 0.3) is 0 Å². The molecule has 0 spiro atoms. The number of hydrogen-bond donors (Lipinski definition) is 3. The zero-order valence-electron chi connectivity index (χ0n) is 26.1. The number of anilines is 1. The van der Waals surface area contributed by atoms with Crippen LogP contribution in [0.4, 0.5) is 15.3 Å². The van der Waals surface area contributed by atoms with Crippen LogP contribution in [0.3, 0.4) is 0 Å². The number of nitrogens with one attached hydrogen (secondary N) is 3. The Morgan fingerprint density at radius 1 is 1.09 bits per heavy atom. The maximum absolute atomic E-state index is 13.1. The molecule has 0 aliphatic carbocycles. The molecular formula is C31H35N6NaO6S. The summed E-state index contributed by atoms with van der Waals surface area (Å²) in [6.45, 7) is 10.2. The van der Waals surface area contributed by atoms with Crippen LogP contribution < -0.4 is 50.7 Å². The second kappa shape index (κ2) is 11.9. The number of β-lactam (4-membered cyclic amide) rings is 1. The average Bonchev–Trinajstić information content (AvgIpc) is 3.33. The third kappa shape index (κ3) is 5.96. The maximum Gasteiger partial charge on any atom is 1.00 e. The predicted molar refractivity (Wildman–Crippen MR) is 161 cm³/mol. The number of carbonyl (C=O) groups excluding carboxylic acids is 5. The molecule has 2 unspecified atom stereocenters. The van der Waals surface area contributed by atoms with Crippen molar-refractivity contribution in [3.8, 4) is 0 Å². The molecule has 12 nitrogen and oxygen atoms in total. The van der Waals surface area contributed by atoms with Crippen molar-refractivity contribution < 1.29 is 58.6 Å². The van der Waals surface area contributed by atoms with Crippen LogP contribution >= 0.6 is 11.8 Å². The number of nitrogens with zero attached hydrogens (tertiary/aromatic N) is 3. The number of aliphatic carboxylic acids is 1. The number of fused-ring (bicyclic) bond motifs is 2. The van der Waals surface area contributed by atoms with E-state index in [-0.39, 0.29) is 60.0 Å². The SMILES string of the molecule is CC(C)(C)c1ccc(C2NN3C(=O)N(C(=O)Nc4cccc(CC(=O)N[C@@H]5C(=O)N6[C@@H]5SC(C)(C)[C@@H]6C(=O)[O-])c4)CC23)cc1.[Na+]. The number of carbonyl (C=O) groups is 5. The molecule has 45 heavy (non-hydrogen) atoms. The molecule has 5 atom stereocenters. The quantitative estimate of drug-likeness (QED) is 0.260. The van der Waals surface area contributed by atoms with Crippen LogP contribution in [0, 0.1) is 0 Å². The van der Waals surface area contributed by atoms with E-state index in [1.54, 1.807) is 38.1 Å². The first-order valence-electron chi connectivity index (χ1n) is 14.5. The molecule has 4 fully saturated rings. The minimum Gasteiger partial charge on any atom is -0.548 e. The van der Waals surface area contributed by atoms with Crippen LogP contribution in [0.15, 0.2) is 48.5 Å². The van der Waals surface area contributed by atoms with Gasteiger partial charge in [-0.1, -0.05) is 57.2 Å². The first-order valence-corrected chi connectivity index (χ1v) is 15.4. The van der Waals surface area contributed by atoms with E-state index in [1.807, 2.05) is 0 Å². The van der Waals surface area contributed by atoms with Gasteiger partial charge < -0.3 is 25.4 Å². The summed E-state index contributed by atoms with van der Waals surface area (Å²) in [5.74, 6) is -2.17. The van der Waals surface area contributed by atoms with Gasteiger partial charge in [-0.05, 0) is 48.1 Å². The summed E-state index contributed by atoms with van der Waals surface area (Å²) in [5, 5.41) is 18.1. The van der Waals surface area contributed by atoms with Gasteiger partial charge in [0, 0.05) is 10.4 Å². The summed E-state index contributed by atoms with van der Waals surface area (Å²) >= 11 is 1.32. The standard InChI is InChI=1S/C31H36N6O6S.Na/c1-30(2,3)18-11-9-17(10-12-18)22-20-15-35(29(43)37(20)34-22)28(42)32-19-8-6-7-16(13-19)14-21(38)33-23-25(39)36-24(27(40)41)31(4,5)44-26(23)36;/h6-13,20,22-24,26,34H,14-15H2,1-5H3,(H,32,42)(H,33,38)(H,40,41);/q;+1/p-1/t20?,22?,23-,24+,26-;/m1./s1. The van der Waals surface area contributed by atoms with Gasteiger partial charge >= 0.3 is 41.6 Å². The molecule has 4 aliphatic rings. The molecule has 2 aromatic carbocycles. The zero-order chi connectivity index (χ0) is 31.7. The fourth-order valence-electron chi connectivity index (χ4n) is 6.32. The minimum atomic E-state index is -1.32. The first kappa shape index (κ1) is 33.3. The Kier molecular flexibility index (Phi) is 8.81. The number of thioether (sulfide) groups is 1. The second-order valence-corrected chi connectivity index (χ2v) is 15.0. The fraction of sp³-hybridized carbons (Fsp3) is 0.452. The number of imide groups is 1. The van der Waals surface area contributed by atoms with Gasteiger partial charge in [-0.15, -0.1) is 11.8 Å². The molecule has 0 radical (unpaired) electrons. The van der Waals surface area contributed by atoms with E-state index >= 15 is 0 Å². The monoisotopic (exact) mass is 642 g/mol. The van der Waals surface area contributed by atoms with E-state index in [0.29, 0.717) is 11.3 Å². The van der Waals surface area contributed by atoms with Gasteiger partial charge in [-0.25, -0.2) is 19.9 Å². The maximum atomic E-state index is 13.1. The minimum absolute atomic E-state index is 0. The third-order valence-electron chi connectivity index (χ3n) is 8.71. The van der Waals surface area contributed by atoms with Gasteiger partial charge in [0.15, 0.2) is 0 Å². The topological polar surface area (TPSA) is 154 Å². The summed E-state index contributed by atoms with van der Waals surface area (Å²) < 4.78 is -0.743. The van der Waals surface area contributed by atoms with Crippen LogP contribution in [-0.4, -0.2) is 79.4 Å². The molecule has 4 heterocycles. The summed E-state index contributed by atoms with van der Waals surface area (Å²) in [7, 11) is 0. The summed E-state index contributed by atoms with van der Waals surface area (Å²) in [4.78, 5) is 65.6. The van der Waals surface area contributed by atoms with Crippen molar-refractivity contribution in [3.63, 3.8) is 0 Å². The van der Waals surface area contributed by atoms with E-state index in [0.717, 1.165) is 10.5 Å². The van der Waals surface area contributed by atoms with Crippen molar-refractivity contribution in [2.75, 3.05) is 11.9 Å². The van der Waals surface area contributed by atoms with Gasteiger partial charge in [0.2, 0.25) is 11.8 Å². The van der Waals surface area contributed by atoms with Crippen LogP contribution in [0.5, 0.6) is 0 Å². The molecule has 4 aliphatic heterocycles. The molecular weight excluding hydrogens is 607 g/mol. The smallest absolute Gasteiger partial charge is 0.548 e. The Labute approximate surface area is 287 Å². The molecule has 14 heteroatoms. The van der Waals surface area contributed by atoms with E-state index in [4.69, 9.17) is 0 Å². The molecule has 0 bridgehead atoms. The normalized spacial score (nSPS) is 26.2. The second-order valence-electron chi connectivity index (χ2n) is 13.2. The Morgan fingerprint density at radius 2 is 1.78 bits per heavy atom. The van der Waals surface area contributed by atoms with Gasteiger partial charge in [0.05, 0.1) is 37.1 Å². The molecule has 4 saturated heterocycles. The number of hydrogen-bond acceptors (Lipinski definition) is 8. The molecule has 0 aromatic heterocycles. The van der Waals surface area contributed by atoms with Crippen molar-refractivity contribution in [1.82, 2.24) is 25.6 Å².